The van der Waals surface area contributed by atoms with Gasteiger partial charge in [-0.1, -0.05) is 23.5 Å². The Labute approximate surface area is 157 Å². The van der Waals surface area contributed by atoms with Gasteiger partial charge in [-0.2, -0.15) is 0 Å². The number of rotatable bonds is 3. The average molecular weight is 384 g/mol. The van der Waals surface area contributed by atoms with Gasteiger partial charge >= 0.3 is 4.87 Å². The molecule has 7 heteroatoms. The number of anilines is 1. The molecule has 0 aliphatic rings. The largest absolute Gasteiger partial charge is 0.454 e. The van der Waals surface area contributed by atoms with E-state index in [1.165, 1.54) is 6.07 Å². The molecule has 1 heterocycles. The summed E-state index contributed by atoms with van der Waals surface area (Å²) in [7, 11) is 1.69. The second kappa shape index (κ2) is 6.51. The van der Waals surface area contributed by atoms with Crippen molar-refractivity contribution in [3.8, 4) is 22.6 Å². The zero-order chi connectivity index (χ0) is 19.1. The predicted molar refractivity (Wildman–Crippen MR) is 103 cm³/mol. The molecule has 0 fully saturated rings. The fourth-order valence-electron chi connectivity index (χ4n) is 2.95. The lowest BCUT2D eigenvalue weighted by Crippen LogP contribution is -2.07. The van der Waals surface area contributed by atoms with Crippen molar-refractivity contribution < 1.29 is 13.5 Å². The van der Waals surface area contributed by atoms with Crippen molar-refractivity contribution in [2.45, 2.75) is 0 Å². The molecule has 0 saturated heterocycles. The van der Waals surface area contributed by atoms with Gasteiger partial charge < -0.3 is 15.0 Å². The average Bonchev–Trinajstić information content (AvgIpc) is 2.93. The molecule has 0 spiro atoms. The van der Waals surface area contributed by atoms with Crippen LogP contribution in [0.3, 0.4) is 0 Å². The number of hydrogen-bond donors (Lipinski definition) is 1. The molecule has 4 rings (SSSR count). The first-order valence-electron chi connectivity index (χ1n) is 8.05. The van der Waals surface area contributed by atoms with Gasteiger partial charge in [-0.25, -0.2) is 8.78 Å². The Hall–Kier alpha value is -3.19. The summed E-state index contributed by atoms with van der Waals surface area (Å²) < 4.78 is 35.3. The number of nitrogens with zero attached hydrogens (tertiary/aromatic N) is 1. The summed E-state index contributed by atoms with van der Waals surface area (Å²) in [6, 6.07) is 13.6. The Morgan fingerprint density at radius 1 is 1.00 bits per heavy atom. The molecule has 0 bridgehead atoms. The number of ether oxygens (including phenoxy) is 1. The number of aromatic nitrogens is 1. The van der Waals surface area contributed by atoms with E-state index in [9.17, 15) is 13.6 Å². The Kier molecular flexibility index (Phi) is 4.16. The quantitative estimate of drug-likeness (QED) is 0.510. The third-order valence-corrected chi connectivity index (χ3v) is 5.21. The van der Waals surface area contributed by atoms with E-state index >= 15 is 0 Å². The predicted octanol–water partition coefficient (Wildman–Crippen LogP) is 4.92. The fourth-order valence-corrected chi connectivity index (χ4v) is 3.85. The minimum absolute atomic E-state index is 0.0894. The molecule has 0 aliphatic carbocycles. The monoisotopic (exact) mass is 384 g/mol. The van der Waals surface area contributed by atoms with E-state index in [0.29, 0.717) is 17.0 Å². The number of para-hydroxylation sites is 1. The number of halogens is 2. The fraction of sp³-hybridized carbons (Fsp3) is 0.0500. The second-order valence-electron chi connectivity index (χ2n) is 6.01. The van der Waals surface area contributed by atoms with Crippen LogP contribution in [0.4, 0.5) is 14.5 Å². The normalized spacial score (nSPS) is 11.1. The number of nitrogen functional groups attached to an aromatic ring is 1. The Balaban J connectivity index is 1.92. The van der Waals surface area contributed by atoms with Crippen molar-refractivity contribution in [2.24, 2.45) is 7.05 Å². The molecule has 1 aromatic heterocycles. The van der Waals surface area contributed by atoms with E-state index in [-0.39, 0.29) is 10.6 Å². The molecule has 0 amide bonds. The molecule has 3 aromatic carbocycles. The van der Waals surface area contributed by atoms with Crippen molar-refractivity contribution in [3.05, 3.63) is 75.9 Å². The van der Waals surface area contributed by atoms with Crippen molar-refractivity contribution in [1.29, 1.82) is 0 Å². The first-order valence-corrected chi connectivity index (χ1v) is 8.87. The third kappa shape index (κ3) is 3.06. The van der Waals surface area contributed by atoms with E-state index in [1.54, 1.807) is 29.8 Å². The lowest BCUT2D eigenvalue weighted by Gasteiger charge is -2.14. The molecule has 0 atom stereocenters. The van der Waals surface area contributed by atoms with Gasteiger partial charge in [-0.05, 0) is 36.4 Å². The molecule has 0 radical (unpaired) electrons. The molecule has 4 aromatic rings. The van der Waals surface area contributed by atoms with Gasteiger partial charge in [-0.15, -0.1) is 0 Å². The van der Waals surface area contributed by atoms with E-state index in [0.717, 1.165) is 39.2 Å². The minimum atomic E-state index is -0.807. The first-order chi connectivity index (χ1) is 12.9. The summed E-state index contributed by atoms with van der Waals surface area (Å²) in [6.07, 6.45) is 0. The Morgan fingerprint density at radius 2 is 1.78 bits per heavy atom. The number of fused-ring (bicyclic) bond motifs is 1. The molecule has 27 heavy (non-hydrogen) atoms. The number of hydrogen-bond acceptors (Lipinski definition) is 4. The lowest BCUT2D eigenvalue weighted by molar-refractivity contribution is 0.439. The van der Waals surface area contributed by atoms with Crippen LogP contribution >= 0.6 is 11.3 Å². The summed E-state index contributed by atoms with van der Waals surface area (Å²) in [5.74, 6) is -1.25. The van der Waals surface area contributed by atoms with Gasteiger partial charge in [-0.3, -0.25) is 4.79 Å². The van der Waals surface area contributed by atoms with Crippen LogP contribution in [-0.4, -0.2) is 4.57 Å². The van der Waals surface area contributed by atoms with Crippen molar-refractivity contribution in [2.75, 3.05) is 5.73 Å². The van der Waals surface area contributed by atoms with Gasteiger partial charge in [0.25, 0.3) is 0 Å². The van der Waals surface area contributed by atoms with Crippen LogP contribution in [0, 0.1) is 11.6 Å². The maximum Gasteiger partial charge on any atom is 0.307 e. The molecular formula is C20H14F2N2O2S. The van der Waals surface area contributed by atoms with Gasteiger partial charge in [0, 0.05) is 29.9 Å². The summed E-state index contributed by atoms with van der Waals surface area (Å²) in [5.41, 5.74) is 8.53. The number of nitrogens with two attached hydrogens (primary N) is 1. The Morgan fingerprint density at radius 3 is 2.56 bits per heavy atom. The lowest BCUT2D eigenvalue weighted by atomic mass is 10.0. The van der Waals surface area contributed by atoms with Crippen LogP contribution in [0.25, 0.3) is 21.3 Å². The molecule has 0 saturated carbocycles. The van der Waals surface area contributed by atoms with Crippen LogP contribution < -0.4 is 15.3 Å². The van der Waals surface area contributed by atoms with Crippen LogP contribution in [0.1, 0.15) is 0 Å². The summed E-state index contributed by atoms with van der Waals surface area (Å²) in [5, 5.41) is 0. The summed E-state index contributed by atoms with van der Waals surface area (Å²) >= 11 is 1.14. The highest BCUT2D eigenvalue weighted by Gasteiger charge is 2.16. The second-order valence-corrected chi connectivity index (χ2v) is 7.00. The minimum Gasteiger partial charge on any atom is -0.454 e. The highest BCUT2D eigenvalue weighted by Crippen LogP contribution is 2.39. The van der Waals surface area contributed by atoms with Crippen LogP contribution in [0.15, 0.2) is 59.4 Å². The van der Waals surface area contributed by atoms with Crippen molar-refractivity contribution in [1.82, 2.24) is 4.57 Å². The molecule has 0 unspecified atom stereocenters. The number of aryl methyl sites for hydroxylation is 1. The zero-order valence-corrected chi connectivity index (χ0v) is 15.0. The molecule has 2 N–H and O–H groups in total. The molecular weight excluding hydrogens is 370 g/mol. The van der Waals surface area contributed by atoms with Crippen LogP contribution in [-0.2, 0) is 7.05 Å². The highest BCUT2D eigenvalue weighted by atomic mass is 32.1. The number of benzene rings is 3. The standard InChI is InChI=1S/C20H14F2N2O2S/c1-24-19-13(3-2-4-18(19)27-20(24)25)14-10-12(23)6-8-16(14)26-17-7-5-11(21)9-15(17)22/h2-10H,23H2,1H3. The van der Waals surface area contributed by atoms with Gasteiger partial charge in [0.05, 0.1) is 10.2 Å². The van der Waals surface area contributed by atoms with Crippen molar-refractivity contribution >= 4 is 27.2 Å². The summed E-state index contributed by atoms with van der Waals surface area (Å²) in [6.45, 7) is 0. The van der Waals surface area contributed by atoms with E-state index < -0.39 is 11.6 Å². The molecule has 136 valence electrons. The van der Waals surface area contributed by atoms with Crippen LogP contribution in [0.2, 0.25) is 0 Å². The van der Waals surface area contributed by atoms with Crippen molar-refractivity contribution in [3.63, 3.8) is 0 Å². The van der Waals surface area contributed by atoms with Gasteiger partial charge in [0.2, 0.25) is 0 Å². The first kappa shape index (κ1) is 17.2. The van der Waals surface area contributed by atoms with Gasteiger partial charge in [0.15, 0.2) is 11.6 Å². The third-order valence-electron chi connectivity index (χ3n) is 4.21. The summed E-state index contributed by atoms with van der Waals surface area (Å²) in [4.78, 5) is 12.0. The molecule has 4 nitrogen and oxygen atoms in total. The van der Waals surface area contributed by atoms with E-state index in [2.05, 4.69) is 0 Å². The topological polar surface area (TPSA) is 57.2 Å². The zero-order valence-electron chi connectivity index (χ0n) is 14.2. The molecule has 0 aliphatic heterocycles. The highest BCUT2D eigenvalue weighted by molar-refractivity contribution is 7.16. The Bertz CT molecular complexity index is 1230. The SMILES string of the molecule is Cn1c(=O)sc2cccc(-c3cc(N)ccc3Oc3ccc(F)cc3F)c21. The maximum atomic E-state index is 14.0. The maximum absolute atomic E-state index is 14.0. The van der Waals surface area contributed by atoms with E-state index in [4.69, 9.17) is 10.5 Å². The number of thiazole rings is 1. The van der Waals surface area contributed by atoms with Crippen LogP contribution in [0.5, 0.6) is 11.5 Å². The smallest absolute Gasteiger partial charge is 0.307 e. The van der Waals surface area contributed by atoms with E-state index in [1.807, 2.05) is 18.2 Å². The van der Waals surface area contributed by atoms with Gasteiger partial charge in [0.1, 0.15) is 11.6 Å².